The van der Waals surface area contributed by atoms with Gasteiger partial charge in [-0.1, -0.05) is 48.5 Å². The van der Waals surface area contributed by atoms with Crippen LogP contribution in [0.2, 0.25) is 0 Å². The number of ether oxygens (including phenoxy) is 2. The summed E-state index contributed by atoms with van der Waals surface area (Å²) in [6, 6.07) is 32.8. The fraction of sp³-hybridized carbons (Fsp3) is 0.211. The van der Waals surface area contributed by atoms with Crippen LogP contribution in [-0.4, -0.2) is 11.9 Å². The van der Waals surface area contributed by atoms with Gasteiger partial charge in [-0.3, -0.25) is 9.59 Å². The minimum Gasteiger partial charge on any atom is -0.425 e. The van der Waals surface area contributed by atoms with Gasteiger partial charge in [0, 0.05) is 30.6 Å². The SMILES string of the molecule is CC(C)(C)C(=O)Oc1ccc2c(-c3ccc(-c4ccc(-c5ccccc6c(OC(=O)C(C)(C)C)ccc5-6)s4)s3)ccccc1-2. The molecule has 2 heterocycles. The predicted octanol–water partition coefficient (Wildman–Crippen LogP) is 10.9. The lowest BCUT2D eigenvalue weighted by Crippen LogP contribution is -2.25. The minimum atomic E-state index is -0.585. The number of hydrogen-bond acceptors (Lipinski definition) is 6. The summed E-state index contributed by atoms with van der Waals surface area (Å²) in [5.41, 5.74) is 4.95. The zero-order chi connectivity index (χ0) is 31.2. The molecular weight excluding hydrogens is 585 g/mol. The third-order valence-corrected chi connectivity index (χ3v) is 9.82. The van der Waals surface area contributed by atoms with Crippen LogP contribution in [0.1, 0.15) is 41.5 Å². The lowest BCUT2D eigenvalue weighted by Gasteiger charge is -2.16. The molecule has 2 aromatic heterocycles. The number of esters is 2. The van der Waals surface area contributed by atoms with Crippen LogP contribution >= 0.6 is 22.7 Å². The van der Waals surface area contributed by atoms with Crippen molar-refractivity contribution >= 4 is 34.6 Å². The normalized spacial score (nSPS) is 12.0. The first-order valence-corrected chi connectivity index (χ1v) is 16.2. The van der Waals surface area contributed by atoms with E-state index in [1.54, 1.807) is 22.7 Å². The molecule has 0 aromatic carbocycles. The first-order chi connectivity index (χ1) is 20.9. The summed E-state index contributed by atoms with van der Waals surface area (Å²) in [5.74, 6) is 0.669. The summed E-state index contributed by atoms with van der Waals surface area (Å²) in [5, 5.41) is 0. The van der Waals surface area contributed by atoms with Gasteiger partial charge in [0.25, 0.3) is 0 Å². The average Bonchev–Trinajstić information content (AvgIpc) is 3.73. The molecule has 0 bridgehead atoms. The third kappa shape index (κ3) is 5.80. The standard InChI is InChI=1S/C38H34O4S2/c1-37(2,3)35(39)41-29-17-15-23-25(29)11-7-9-13-27(23)31-19-21-33(43-31)34-22-20-32(44-34)28-14-10-8-12-26-24(28)16-18-30(26)42-36(40)38(4,5)6/h7-22H,1-6H3. The molecule has 44 heavy (non-hydrogen) atoms. The maximum Gasteiger partial charge on any atom is 0.316 e. The molecule has 0 atom stereocenters. The lowest BCUT2D eigenvalue weighted by atomic mass is 9.97. The Morgan fingerprint density at radius 1 is 0.432 bits per heavy atom. The first-order valence-electron chi connectivity index (χ1n) is 14.6. The molecule has 0 unspecified atom stereocenters. The van der Waals surface area contributed by atoms with Gasteiger partial charge in [0.1, 0.15) is 11.5 Å². The molecule has 0 saturated carbocycles. The van der Waals surface area contributed by atoms with Crippen molar-refractivity contribution < 1.29 is 19.1 Å². The Bertz CT molecular complexity index is 1790. The van der Waals surface area contributed by atoms with Crippen molar-refractivity contribution in [2.24, 2.45) is 10.8 Å². The van der Waals surface area contributed by atoms with Crippen molar-refractivity contribution in [3.63, 3.8) is 0 Å². The Labute approximate surface area is 266 Å². The van der Waals surface area contributed by atoms with Crippen molar-refractivity contribution in [2.45, 2.75) is 41.5 Å². The van der Waals surface area contributed by atoms with E-state index in [2.05, 4.69) is 36.4 Å². The lowest BCUT2D eigenvalue weighted by molar-refractivity contribution is -0.143. The molecule has 4 nitrogen and oxygen atoms in total. The van der Waals surface area contributed by atoms with Crippen LogP contribution in [0.5, 0.6) is 11.5 Å². The van der Waals surface area contributed by atoms with Crippen LogP contribution in [-0.2, 0) is 9.59 Å². The number of carbonyl (C=O) groups excluding carboxylic acids is 2. The maximum atomic E-state index is 12.6. The fourth-order valence-electron chi connectivity index (χ4n) is 4.89. The summed E-state index contributed by atoms with van der Waals surface area (Å²) in [6.07, 6.45) is 0. The molecule has 0 radical (unpaired) electrons. The molecule has 2 aromatic rings. The van der Waals surface area contributed by atoms with Crippen molar-refractivity contribution in [3.8, 4) is 64.4 Å². The van der Waals surface area contributed by atoms with Crippen molar-refractivity contribution in [1.29, 1.82) is 0 Å². The van der Waals surface area contributed by atoms with E-state index in [1.807, 2.05) is 102 Å². The number of thiophene rings is 2. The molecule has 0 N–H and O–H groups in total. The van der Waals surface area contributed by atoms with Gasteiger partial charge >= 0.3 is 11.9 Å². The first kappa shape index (κ1) is 29.8. The molecule has 6 heteroatoms. The summed E-state index contributed by atoms with van der Waals surface area (Å²) < 4.78 is 11.6. The fourth-order valence-corrected chi connectivity index (χ4v) is 7.07. The van der Waals surface area contributed by atoms with Crippen LogP contribution in [0.25, 0.3) is 52.9 Å². The molecule has 0 amide bonds. The molecule has 0 spiro atoms. The van der Waals surface area contributed by atoms with Gasteiger partial charge in [0.15, 0.2) is 0 Å². The van der Waals surface area contributed by atoms with Gasteiger partial charge < -0.3 is 9.47 Å². The number of rotatable bonds is 5. The van der Waals surface area contributed by atoms with Crippen LogP contribution < -0.4 is 9.47 Å². The van der Waals surface area contributed by atoms with Gasteiger partial charge in [-0.2, -0.15) is 0 Å². The summed E-state index contributed by atoms with van der Waals surface area (Å²) in [4.78, 5) is 29.9. The molecule has 222 valence electrons. The second-order valence-electron chi connectivity index (χ2n) is 12.9. The van der Waals surface area contributed by atoms with E-state index in [0.29, 0.717) is 11.5 Å². The Kier molecular flexibility index (Phi) is 7.68. The predicted molar refractivity (Wildman–Crippen MR) is 182 cm³/mol. The van der Waals surface area contributed by atoms with E-state index < -0.39 is 10.8 Å². The summed E-state index contributed by atoms with van der Waals surface area (Å²) in [6.45, 7) is 11.2. The van der Waals surface area contributed by atoms with Crippen molar-refractivity contribution in [2.75, 3.05) is 0 Å². The summed E-state index contributed by atoms with van der Waals surface area (Å²) in [7, 11) is 0. The van der Waals surface area contributed by atoms with Crippen LogP contribution in [0.4, 0.5) is 0 Å². The van der Waals surface area contributed by atoms with E-state index in [4.69, 9.17) is 9.47 Å². The van der Waals surface area contributed by atoms with Gasteiger partial charge in [0.2, 0.25) is 0 Å². The maximum absolute atomic E-state index is 12.6. The van der Waals surface area contributed by atoms with Crippen LogP contribution in [0, 0.1) is 10.8 Å². The number of fused-ring (bicyclic) bond motifs is 2. The van der Waals surface area contributed by atoms with Gasteiger partial charge in [-0.15, -0.1) is 22.7 Å². The largest absolute Gasteiger partial charge is 0.425 e. The second-order valence-corrected chi connectivity index (χ2v) is 15.1. The van der Waals surface area contributed by atoms with E-state index in [0.717, 1.165) is 43.1 Å². The van der Waals surface area contributed by atoms with Crippen LogP contribution in [0.3, 0.4) is 0 Å². The van der Waals surface area contributed by atoms with Gasteiger partial charge in [0.05, 0.1) is 10.8 Å². The van der Waals surface area contributed by atoms with E-state index >= 15 is 0 Å². The zero-order valence-corrected chi connectivity index (χ0v) is 27.3. The monoisotopic (exact) mass is 618 g/mol. The highest BCUT2D eigenvalue weighted by Gasteiger charge is 2.27. The van der Waals surface area contributed by atoms with E-state index in [1.165, 1.54) is 9.75 Å². The quantitative estimate of drug-likeness (QED) is 0.180. The topological polar surface area (TPSA) is 52.6 Å². The average molecular weight is 619 g/mol. The molecule has 0 saturated heterocycles. The molecular formula is C38H34O4S2. The molecule has 6 rings (SSSR count). The van der Waals surface area contributed by atoms with Crippen LogP contribution in [0.15, 0.2) is 97.1 Å². The molecule has 0 fully saturated rings. The molecule has 0 aliphatic heterocycles. The smallest absolute Gasteiger partial charge is 0.316 e. The Balaban J connectivity index is 1.28. The number of hydrogen-bond donors (Lipinski definition) is 0. The van der Waals surface area contributed by atoms with Crippen molar-refractivity contribution in [3.05, 3.63) is 97.1 Å². The Morgan fingerprint density at radius 3 is 1.14 bits per heavy atom. The third-order valence-electron chi connectivity index (χ3n) is 7.38. The Morgan fingerprint density at radius 2 is 0.773 bits per heavy atom. The van der Waals surface area contributed by atoms with Gasteiger partial charge in [-0.25, -0.2) is 0 Å². The highest BCUT2D eigenvalue weighted by atomic mass is 32.1. The van der Waals surface area contributed by atoms with E-state index in [9.17, 15) is 9.59 Å². The zero-order valence-electron chi connectivity index (χ0n) is 25.7. The summed E-state index contributed by atoms with van der Waals surface area (Å²) >= 11 is 3.49. The Hall–Kier alpha value is -4.26. The second kappa shape index (κ2) is 11.3. The molecule has 4 aliphatic carbocycles. The highest BCUT2D eigenvalue weighted by Crippen LogP contribution is 2.47. The highest BCUT2D eigenvalue weighted by molar-refractivity contribution is 7.25. The van der Waals surface area contributed by atoms with Crippen molar-refractivity contribution in [1.82, 2.24) is 0 Å². The minimum absolute atomic E-state index is 0.252. The van der Waals surface area contributed by atoms with E-state index in [-0.39, 0.29) is 11.9 Å². The number of carbonyl (C=O) groups is 2. The molecule has 4 aliphatic rings. The van der Waals surface area contributed by atoms with Gasteiger partial charge in [-0.05, 0) is 112 Å².